The Labute approximate surface area is 180 Å². The Morgan fingerprint density at radius 3 is 2.67 bits per heavy atom. The standard InChI is InChI=1S/C23H25ClO6/c1-4-28-22(27)18(24)10-15-5-7-16(8-6-15)29-13-23(3)12-20(26)17-11-19(25)14(2)9-21(17)30-23/h5-9,11,18,25H,4,10,12-13H2,1-3H3. The van der Waals surface area contributed by atoms with Gasteiger partial charge in [-0.25, -0.2) is 0 Å². The second kappa shape index (κ2) is 8.96. The van der Waals surface area contributed by atoms with Crippen LogP contribution in [0.15, 0.2) is 36.4 Å². The van der Waals surface area contributed by atoms with Crippen LogP contribution in [0.1, 0.15) is 41.8 Å². The number of ketones is 1. The fourth-order valence-electron chi connectivity index (χ4n) is 3.27. The molecule has 0 radical (unpaired) electrons. The first-order valence-electron chi connectivity index (χ1n) is 9.79. The maximum atomic E-state index is 12.5. The quantitative estimate of drug-likeness (QED) is 0.521. The molecule has 1 N–H and O–H groups in total. The molecule has 160 valence electrons. The number of hydrogen-bond donors (Lipinski definition) is 1. The van der Waals surface area contributed by atoms with E-state index in [0.717, 1.165) is 5.56 Å². The Kier molecular flexibility index (Phi) is 6.56. The molecular formula is C23H25ClO6. The van der Waals surface area contributed by atoms with Crippen LogP contribution >= 0.6 is 11.6 Å². The summed E-state index contributed by atoms with van der Waals surface area (Å²) in [5, 5.41) is 9.11. The van der Waals surface area contributed by atoms with E-state index in [4.69, 9.17) is 25.8 Å². The summed E-state index contributed by atoms with van der Waals surface area (Å²) in [5.74, 6) is 0.615. The molecule has 0 spiro atoms. The first kappa shape index (κ1) is 22.0. The van der Waals surface area contributed by atoms with E-state index in [1.807, 2.05) is 19.1 Å². The molecule has 0 saturated carbocycles. The van der Waals surface area contributed by atoms with Gasteiger partial charge in [-0.3, -0.25) is 9.59 Å². The Hall–Kier alpha value is -2.73. The number of halogens is 1. The van der Waals surface area contributed by atoms with E-state index in [2.05, 4.69) is 0 Å². The fraction of sp³-hybridized carbons (Fsp3) is 0.391. The van der Waals surface area contributed by atoms with Crippen LogP contribution in [0.2, 0.25) is 0 Å². The van der Waals surface area contributed by atoms with Crippen molar-refractivity contribution in [1.29, 1.82) is 0 Å². The lowest BCUT2D eigenvalue weighted by atomic mass is 9.91. The number of hydrogen-bond acceptors (Lipinski definition) is 6. The highest BCUT2D eigenvalue weighted by molar-refractivity contribution is 6.30. The van der Waals surface area contributed by atoms with Crippen molar-refractivity contribution in [3.05, 3.63) is 53.1 Å². The summed E-state index contributed by atoms with van der Waals surface area (Å²) in [6, 6.07) is 10.4. The zero-order valence-electron chi connectivity index (χ0n) is 17.2. The number of rotatable bonds is 7. The third kappa shape index (κ3) is 5.05. The molecule has 0 aromatic heterocycles. The van der Waals surface area contributed by atoms with Crippen molar-refractivity contribution in [2.24, 2.45) is 0 Å². The van der Waals surface area contributed by atoms with Gasteiger partial charge in [0.15, 0.2) is 5.78 Å². The molecule has 2 aromatic rings. The molecule has 1 aliphatic heterocycles. The smallest absolute Gasteiger partial charge is 0.324 e. The minimum atomic E-state index is -0.822. The molecule has 0 saturated heterocycles. The largest absolute Gasteiger partial charge is 0.508 e. The Morgan fingerprint density at radius 2 is 2.00 bits per heavy atom. The number of carbonyl (C=O) groups is 2. The minimum Gasteiger partial charge on any atom is -0.508 e. The molecule has 2 unspecified atom stereocenters. The number of ether oxygens (including phenoxy) is 3. The molecule has 3 rings (SSSR count). The lowest BCUT2D eigenvalue weighted by molar-refractivity contribution is -0.142. The van der Waals surface area contributed by atoms with Gasteiger partial charge in [0, 0.05) is 0 Å². The summed E-state index contributed by atoms with van der Waals surface area (Å²) >= 11 is 6.07. The van der Waals surface area contributed by atoms with Crippen LogP contribution in [-0.2, 0) is 16.0 Å². The second-order valence-electron chi connectivity index (χ2n) is 7.64. The van der Waals surface area contributed by atoms with Crippen LogP contribution in [0.5, 0.6) is 17.2 Å². The highest BCUT2D eigenvalue weighted by Gasteiger charge is 2.38. The Morgan fingerprint density at radius 1 is 1.30 bits per heavy atom. The van der Waals surface area contributed by atoms with Crippen LogP contribution < -0.4 is 9.47 Å². The van der Waals surface area contributed by atoms with E-state index in [0.29, 0.717) is 35.7 Å². The van der Waals surface area contributed by atoms with Crippen molar-refractivity contribution in [3.8, 4) is 17.2 Å². The van der Waals surface area contributed by atoms with E-state index in [-0.39, 0.29) is 24.6 Å². The van der Waals surface area contributed by atoms with Crippen molar-refractivity contribution >= 4 is 23.4 Å². The van der Waals surface area contributed by atoms with Gasteiger partial charge >= 0.3 is 5.97 Å². The van der Waals surface area contributed by atoms with E-state index in [1.54, 1.807) is 32.0 Å². The van der Waals surface area contributed by atoms with Crippen molar-refractivity contribution in [2.75, 3.05) is 13.2 Å². The number of esters is 1. The van der Waals surface area contributed by atoms with Crippen LogP contribution in [0.25, 0.3) is 0 Å². The van der Waals surface area contributed by atoms with Gasteiger partial charge in [0.1, 0.15) is 34.8 Å². The number of benzene rings is 2. The molecule has 7 heteroatoms. The molecule has 1 aliphatic rings. The fourth-order valence-corrected chi connectivity index (χ4v) is 3.51. The lowest BCUT2D eigenvalue weighted by Crippen LogP contribution is -2.44. The van der Waals surface area contributed by atoms with Crippen molar-refractivity contribution in [2.45, 2.75) is 44.6 Å². The summed E-state index contributed by atoms with van der Waals surface area (Å²) in [4.78, 5) is 24.2. The average Bonchev–Trinajstić information content (AvgIpc) is 2.69. The lowest BCUT2D eigenvalue weighted by Gasteiger charge is -2.34. The third-order valence-electron chi connectivity index (χ3n) is 4.91. The van der Waals surface area contributed by atoms with Gasteiger partial charge in [0.2, 0.25) is 0 Å². The summed E-state index contributed by atoms with van der Waals surface area (Å²) in [7, 11) is 0. The van der Waals surface area contributed by atoms with E-state index < -0.39 is 16.9 Å². The third-order valence-corrected chi connectivity index (χ3v) is 5.25. The molecule has 6 nitrogen and oxygen atoms in total. The highest BCUT2D eigenvalue weighted by Crippen LogP contribution is 2.37. The van der Waals surface area contributed by atoms with Gasteiger partial charge in [-0.05, 0) is 62.6 Å². The Balaban J connectivity index is 1.62. The van der Waals surface area contributed by atoms with E-state index >= 15 is 0 Å². The maximum Gasteiger partial charge on any atom is 0.324 e. The Bertz CT molecular complexity index is 939. The number of phenolic OH excluding ortho intramolecular Hbond substituents is 1. The molecule has 2 aromatic carbocycles. The molecule has 0 amide bonds. The predicted octanol–water partition coefficient (Wildman–Crippen LogP) is 4.22. The van der Waals surface area contributed by atoms with Gasteiger partial charge in [-0.2, -0.15) is 0 Å². The normalized spacial score (nSPS) is 18.9. The second-order valence-corrected chi connectivity index (χ2v) is 8.17. The van der Waals surface area contributed by atoms with Gasteiger partial charge in [-0.15, -0.1) is 11.6 Å². The molecule has 0 fully saturated rings. The molecule has 2 atom stereocenters. The first-order chi connectivity index (χ1) is 14.2. The van der Waals surface area contributed by atoms with Gasteiger partial charge in [0.05, 0.1) is 18.6 Å². The van der Waals surface area contributed by atoms with E-state index in [9.17, 15) is 14.7 Å². The summed E-state index contributed by atoms with van der Waals surface area (Å²) in [6.07, 6.45) is 0.507. The topological polar surface area (TPSA) is 82.1 Å². The van der Waals surface area contributed by atoms with Crippen LogP contribution in [0, 0.1) is 6.92 Å². The molecule has 0 bridgehead atoms. The molecule has 1 heterocycles. The highest BCUT2D eigenvalue weighted by atomic mass is 35.5. The number of alkyl halides is 1. The van der Waals surface area contributed by atoms with Crippen LogP contribution in [0.3, 0.4) is 0 Å². The summed E-state index contributed by atoms with van der Waals surface area (Å²) < 4.78 is 16.8. The zero-order chi connectivity index (χ0) is 21.9. The van der Waals surface area contributed by atoms with Crippen molar-refractivity contribution in [3.63, 3.8) is 0 Å². The van der Waals surface area contributed by atoms with Crippen LogP contribution in [-0.4, -0.2) is 41.1 Å². The number of carbonyl (C=O) groups excluding carboxylic acids is 2. The predicted molar refractivity (Wildman–Crippen MR) is 113 cm³/mol. The number of phenols is 1. The van der Waals surface area contributed by atoms with Gasteiger partial charge < -0.3 is 19.3 Å². The SMILES string of the molecule is CCOC(=O)C(Cl)Cc1ccc(OCC2(C)CC(=O)c3cc(O)c(C)cc3O2)cc1. The number of Topliss-reactive ketones (excluding diaryl/α,β-unsaturated/α-hetero) is 1. The van der Waals surface area contributed by atoms with Crippen LogP contribution in [0.4, 0.5) is 0 Å². The number of fused-ring (bicyclic) bond motifs is 1. The number of aromatic hydroxyl groups is 1. The summed E-state index contributed by atoms with van der Waals surface area (Å²) in [6.45, 7) is 5.78. The van der Waals surface area contributed by atoms with Crippen molar-refractivity contribution < 1.29 is 28.9 Å². The van der Waals surface area contributed by atoms with Gasteiger partial charge in [0.25, 0.3) is 0 Å². The monoisotopic (exact) mass is 432 g/mol. The minimum absolute atomic E-state index is 0.0767. The maximum absolute atomic E-state index is 12.5. The van der Waals surface area contributed by atoms with E-state index in [1.165, 1.54) is 6.07 Å². The zero-order valence-corrected chi connectivity index (χ0v) is 18.0. The molecular weight excluding hydrogens is 408 g/mol. The van der Waals surface area contributed by atoms with Crippen molar-refractivity contribution in [1.82, 2.24) is 0 Å². The number of aryl methyl sites for hydroxylation is 1. The average molecular weight is 433 g/mol. The summed E-state index contributed by atoms with van der Waals surface area (Å²) in [5.41, 5.74) is 1.09. The van der Waals surface area contributed by atoms with Gasteiger partial charge in [-0.1, -0.05) is 12.1 Å². The molecule has 0 aliphatic carbocycles. The molecule has 30 heavy (non-hydrogen) atoms. The first-order valence-corrected chi connectivity index (χ1v) is 10.2.